The molecule has 1 fully saturated rings. The Kier molecular flexibility index (Phi) is 8.50. The van der Waals surface area contributed by atoms with Crippen molar-refractivity contribution in [3.8, 4) is 0 Å². The number of hydroxylamine groups is 1. The zero-order chi connectivity index (χ0) is 19.6. The van der Waals surface area contributed by atoms with Gasteiger partial charge in [0, 0.05) is 26.4 Å². The molecule has 0 unspecified atom stereocenters. The molecular weight excluding hydrogens is 350 g/mol. The highest BCUT2D eigenvalue weighted by molar-refractivity contribution is 5.75. The summed E-state index contributed by atoms with van der Waals surface area (Å²) >= 11 is 0. The first-order valence-electron chi connectivity index (χ1n) is 9.70. The molecule has 1 saturated carbocycles. The van der Waals surface area contributed by atoms with E-state index in [2.05, 4.69) is 15.5 Å². The second-order valence-corrected chi connectivity index (χ2v) is 7.47. The molecule has 1 aliphatic carbocycles. The summed E-state index contributed by atoms with van der Waals surface area (Å²) in [6.07, 6.45) is 9.49. The van der Waals surface area contributed by atoms with Crippen LogP contribution in [0.1, 0.15) is 75.4 Å². The second kappa shape index (κ2) is 10.9. The highest BCUT2D eigenvalue weighted by Gasteiger charge is 2.23. The zero-order valence-electron chi connectivity index (χ0n) is 16.2. The summed E-state index contributed by atoms with van der Waals surface area (Å²) < 4.78 is 5.32. The molecule has 0 radical (unpaired) electrons. The summed E-state index contributed by atoms with van der Waals surface area (Å²) in [7, 11) is 3.29. The fraction of sp³-hybridized carbons (Fsp3) is 0.778. The Labute approximate surface area is 159 Å². The number of nitrogens with one attached hydrogen (secondary N) is 2. The van der Waals surface area contributed by atoms with Crippen LogP contribution >= 0.6 is 0 Å². The van der Waals surface area contributed by atoms with Crippen molar-refractivity contribution >= 4 is 11.9 Å². The van der Waals surface area contributed by atoms with Gasteiger partial charge in [-0.1, -0.05) is 50.1 Å². The summed E-state index contributed by atoms with van der Waals surface area (Å²) in [5, 5.41) is 15.4. The largest absolute Gasteiger partial charge is 0.339 e. The molecule has 9 heteroatoms. The van der Waals surface area contributed by atoms with Gasteiger partial charge in [0.2, 0.25) is 11.8 Å². The van der Waals surface area contributed by atoms with E-state index in [-0.39, 0.29) is 24.9 Å². The molecular formula is C18H31N5O4. The maximum atomic E-state index is 11.6. The van der Waals surface area contributed by atoms with E-state index in [0.717, 1.165) is 25.2 Å². The summed E-state index contributed by atoms with van der Waals surface area (Å²) in [6, 6.07) is -0.245. The molecule has 1 heterocycles. The Hall–Kier alpha value is -2.16. The lowest BCUT2D eigenvalue weighted by atomic mass is 9.84. The molecule has 152 valence electrons. The van der Waals surface area contributed by atoms with E-state index in [1.54, 1.807) is 19.6 Å². The van der Waals surface area contributed by atoms with Gasteiger partial charge in [-0.3, -0.25) is 10.0 Å². The normalized spacial score (nSPS) is 16.0. The fourth-order valence-corrected chi connectivity index (χ4v) is 3.53. The summed E-state index contributed by atoms with van der Waals surface area (Å²) in [5.41, 5.74) is 1.67. The molecule has 0 aliphatic heterocycles. The van der Waals surface area contributed by atoms with Gasteiger partial charge in [0.1, 0.15) is 0 Å². The SMILES string of the molecule is CN(C)C(=O)NCc1noc([C@H](CCCC2CCCCC2)CC(=O)NO)n1. The van der Waals surface area contributed by atoms with Crippen LogP contribution in [0.4, 0.5) is 4.79 Å². The van der Waals surface area contributed by atoms with Gasteiger partial charge in [-0.05, 0) is 12.3 Å². The Morgan fingerprint density at radius 3 is 2.70 bits per heavy atom. The average Bonchev–Trinajstić information content (AvgIpc) is 3.14. The van der Waals surface area contributed by atoms with Crippen LogP contribution in [-0.4, -0.2) is 46.3 Å². The third-order valence-corrected chi connectivity index (χ3v) is 5.08. The van der Waals surface area contributed by atoms with Gasteiger partial charge in [-0.2, -0.15) is 4.98 Å². The molecule has 1 aromatic heterocycles. The number of nitrogens with zero attached hydrogens (tertiary/aromatic N) is 3. The van der Waals surface area contributed by atoms with E-state index in [4.69, 9.17) is 9.73 Å². The van der Waals surface area contributed by atoms with Crippen LogP contribution in [0.5, 0.6) is 0 Å². The summed E-state index contributed by atoms with van der Waals surface area (Å²) in [5.74, 6) is 0.786. The smallest absolute Gasteiger partial charge is 0.317 e. The predicted octanol–water partition coefficient (Wildman–Crippen LogP) is 2.57. The van der Waals surface area contributed by atoms with E-state index >= 15 is 0 Å². The molecule has 1 atom stereocenters. The maximum absolute atomic E-state index is 11.6. The minimum absolute atomic E-state index is 0.0901. The van der Waals surface area contributed by atoms with Crippen molar-refractivity contribution < 1.29 is 19.3 Å². The topological polar surface area (TPSA) is 121 Å². The number of carbonyl (C=O) groups is 2. The van der Waals surface area contributed by atoms with Crippen LogP contribution in [0.3, 0.4) is 0 Å². The number of aromatic nitrogens is 2. The molecule has 9 nitrogen and oxygen atoms in total. The second-order valence-electron chi connectivity index (χ2n) is 7.47. The molecule has 3 amide bonds. The Balaban J connectivity index is 1.90. The lowest BCUT2D eigenvalue weighted by Gasteiger charge is -2.22. The molecule has 27 heavy (non-hydrogen) atoms. The van der Waals surface area contributed by atoms with Gasteiger partial charge in [0.25, 0.3) is 0 Å². The molecule has 1 aliphatic rings. The number of hydrogen-bond acceptors (Lipinski definition) is 6. The number of rotatable bonds is 9. The first-order valence-corrected chi connectivity index (χ1v) is 9.70. The van der Waals surface area contributed by atoms with Gasteiger partial charge < -0.3 is 14.7 Å². The van der Waals surface area contributed by atoms with Crippen LogP contribution in [0.15, 0.2) is 4.52 Å². The van der Waals surface area contributed by atoms with Crippen molar-refractivity contribution in [1.29, 1.82) is 0 Å². The van der Waals surface area contributed by atoms with Crippen molar-refractivity contribution in [2.45, 2.75) is 70.3 Å². The van der Waals surface area contributed by atoms with Crippen LogP contribution in [-0.2, 0) is 11.3 Å². The monoisotopic (exact) mass is 381 g/mol. The minimum atomic E-state index is -0.474. The van der Waals surface area contributed by atoms with Crippen LogP contribution in [0, 0.1) is 5.92 Å². The predicted molar refractivity (Wildman–Crippen MR) is 97.9 cm³/mol. The van der Waals surface area contributed by atoms with Crippen LogP contribution < -0.4 is 10.8 Å². The number of hydrogen-bond donors (Lipinski definition) is 3. The molecule has 1 aromatic rings. The Morgan fingerprint density at radius 1 is 1.30 bits per heavy atom. The summed E-state index contributed by atoms with van der Waals surface area (Å²) in [4.78, 5) is 29.0. The van der Waals surface area contributed by atoms with Gasteiger partial charge in [-0.25, -0.2) is 10.3 Å². The molecule has 0 saturated heterocycles. The zero-order valence-corrected chi connectivity index (χ0v) is 16.2. The molecule has 0 spiro atoms. The van der Waals surface area contributed by atoms with Gasteiger partial charge in [0.15, 0.2) is 5.82 Å². The highest BCUT2D eigenvalue weighted by atomic mass is 16.5. The quantitative estimate of drug-likeness (QED) is 0.446. The van der Waals surface area contributed by atoms with Gasteiger partial charge >= 0.3 is 6.03 Å². The third kappa shape index (κ3) is 7.16. The van der Waals surface area contributed by atoms with E-state index in [0.29, 0.717) is 11.7 Å². The van der Waals surface area contributed by atoms with E-state index < -0.39 is 5.91 Å². The van der Waals surface area contributed by atoms with E-state index in [1.165, 1.54) is 37.0 Å². The number of carbonyl (C=O) groups excluding carboxylic acids is 2. The maximum Gasteiger partial charge on any atom is 0.317 e. The lowest BCUT2D eigenvalue weighted by Crippen LogP contribution is -2.34. The van der Waals surface area contributed by atoms with E-state index in [1.807, 2.05) is 0 Å². The minimum Gasteiger partial charge on any atom is -0.339 e. The van der Waals surface area contributed by atoms with Crippen molar-refractivity contribution in [2.75, 3.05) is 14.1 Å². The Morgan fingerprint density at radius 2 is 2.04 bits per heavy atom. The van der Waals surface area contributed by atoms with Crippen molar-refractivity contribution in [2.24, 2.45) is 5.92 Å². The summed E-state index contributed by atoms with van der Waals surface area (Å²) in [6.45, 7) is 0.154. The third-order valence-electron chi connectivity index (χ3n) is 5.08. The van der Waals surface area contributed by atoms with Crippen LogP contribution in [0.2, 0.25) is 0 Å². The van der Waals surface area contributed by atoms with E-state index in [9.17, 15) is 9.59 Å². The molecule has 0 bridgehead atoms. The van der Waals surface area contributed by atoms with Crippen LogP contribution in [0.25, 0.3) is 0 Å². The molecule has 3 N–H and O–H groups in total. The Bertz CT molecular complexity index is 598. The highest BCUT2D eigenvalue weighted by Crippen LogP contribution is 2.31. The van der Waals surface area contributed by atoms with Crippen molar-refractivity contribution in [3.63, 3.8) is 0 Å². The number of amides is 3. The first kappa shape index (κ1) is 21.1. The average molecular weight is 381 g/mol. The molecule has 0 aromatic carbocycles. The first-order chi connectivity index (χ1) is 13.0. The van der Waals surface area contributed by atoms with Gasteiger partial charge in [-0.15, -0.1) is 0 Å². The fourth-order valence-electron chi connectivity index (χ4n) is 3.53. The van der Waals surface area contributed by atoms with Gasteiger partial charge in [0.05, 0.1) is 6.54 Å². The standard InChI is InChI=1S/C18H31N5O4/c1-23(2)18(25)19-12-15-20-17(27-22-15)14(11-16(24)21-26)10-6-9-13-7-4-3-5-8-13/h13-14,26H,3-12H2,1-2H3,(H,19,25)(H,21,24)/t14-/m1/s1. The lowest BCUT2D eigenvalue weighted by molar-refractivity contribution is -0.129. The van der Waals surface area contributed by atoms with Crippen molar-refractivity contribution in [3.05, 3.63) is 11.7 Å². The van der Waals surface area contributed by atoms with Crippen molar-refractivity contribution in [1.82, 2.24) is 25.8 Å². The molecule has 2 rings (SSSR count). The number of urea groups is 1.